The summed E-state index contributed by atoms with van der Waals surface area (Å²) < 4.78 is 16.1. The average molecular weight is 210 g/mol. The lowest BCUT2D eigenvalue weighted by atomic mass is 9.92. The number of fused-ring (bicyclic) bond motifs is 2. The number of benzene rings is 2. The smallest absolute Gasteiger partial charge is 0.186 e. The van der Waals surface area contributed by atoms with E-state index in [0.717, 1.165) is 12.2 Å². The van der Waals surface area contributed by atoms with Crippen molar-refractivity contribution >= 4 is 22.3 Å². The molecule has 2 aromatic rings. The summed E-state index contributed by atoms with van der Waals surface area (Å²) in [7, 11) is 0. The lowest BCUT2D eigenvalue weighted by Gasteiger charge is -2.10. The molecule has 0 aliphatic heterocycles. The second-order valence-corrected chi connectivity index (χ2v) is 3.61. The Hall–Kier alpha value is -2.22. The first kappa shape index (κ1) is 7.12. The Morgan fingerprint density at radius 1 is 0.812 bits per heavy atom. The molecule has 76 valence electrons. The largest absolute Gasteiger partial charge is 0.289 e. The first-order chi connectivity index (χ1) is 8.61. The molecule has 2 nitrogen and oxygen atoms in total. The van der Waals surface area contributed by atoms with Crippen molar-refractivity contribution in [2.75, 3.05) is 0 Å². The zero-order valence-corrected chi connectivity index (χ0v) is 8.28. The van der Waals surface area contributed by atoms with E-state index in [1.807, 2.05) is 0 Å². The Bertz CT molecular complexity index is 683. The molecule has 3 rings (SSSR count). The fourth-order valence-electron chi connectivity index (χ4n) is 1.78. The summed E-state index contributed by atoms with van der Waals surface area (Å²) in [5.41, 5.74) is 0.0948. The van der Waals surface area contributed by atoms with E-state index in [1.54, 1.807) is 24.3 Å². The van der Waals surface area contributed by atoms with Crippen molar-refractivity contribution < 1.29 is 12.3 Å². The molecule has 2 aromatic carbocycles. The predicted molar refractivity (Wildman–Crippen MR) is 61.7 cm³/mol. The van der Waals surface area contributed by atoms with E-state index in [4.69, 9.17) is 2.74 Å². The number of carbonyl (C=O) groups excluding carboxylic acids is 2. The van der Waals surface area contributed by atoms with Crippen molar-refractivity contribution in [2.45, 2.75) is 0 Å². The van der Waals surface area contributed by atoms with Gasteiger partial charge in [0.2, 0.25) is 0 Å². The highest BCUT2D eigenvalue weighted by molar-refractivity contribution is 6.23. The normalized spacial score (nSPS) is 16.0. The minimum absolute atomic E-state index is 0.0271. The monoisotopic (exact) mass is 210 g/mol. The van der Waals surface area contributed by atoms with Crippen molar-refractivity contribution in [1.82, 2.24) is 0 Å². The third-order valence-electron chi connectivity index (χ3n) is 2.58. The van der Waals surface area contributed by atoms with Crippen molar-refractivity contribution in [3.05, 3.63) is 59.6 Å². The zero-order chi connectivity index (χ0) is 12.9. The lowest BCUT2D eigenvalue weighted by molar-refractivity contribution is 0.0994. The van der Waals surface area contributed by atoms with Gasteiger partial charge in [0.25, 0.3) is 0 Å². The Morgan fingerprint density at radius 3 is 1.69 bits per heavy atom. The molecule has 0 N–H and O–H groups in total. The second-order valence-electron chi connectivity index (χ2n) is 3.61. The molecule has 0 saturated carbocycles. The molecule has 0 heterocycles. The summed E-state index contributed by atoms with van der Waals surface area (Å²) in [5, 5.41) is 1.05. The number of hydrogen-bond acceptors (Lipinski definition) is 2. The summed E-state index contributed by atoms with van der Waals surface area (Å²) in [5.74, 6) is -0.761. The van der Waals surface area contributed by atoms with E-state index >= 15 is 0 Å². The van der Waals surface area contributed by atoms with Gasteiger partial charge in [-0.2, -0.15) is 0 Å². The molecule has 0 bridgehead atoms. The molecule has 0 spiro atoms. The predicted octanol–water partition coefficient (Wildman–Crippen LogP) is 2.78. The Balaban J connectivity index is 2.56. The van der Waals surface area contributed by atoms with Crippen LogP contribution in [0.25, 0.3) is 10.8 Å². The van der Waals surface area contributed by atoms with Crippen LogP contribution in [-0.2, 0) is 0 Å². The number of ketones is 2. The summed E-state index contributed by atoms with van der Waals surface area (Å²) in [6.45, 7) is 0. The van der Waals surface area contributed by atoms with E-state index in [9.17, 15) is 9.59 Å². The summed E-state index contributed by atoms with van der Waals surface area (Å²) in [6, 6.07) is 6.92. The maximum absolute atomic E-state index is 11.8. The van der Waals surface area contributed by atoms with Gasteiger partial charge in [-0.15, -0.1) is 0 Å². The number of hydrogen-bond donors (Lipinski definition) is 0. The van der Waals surface area contributed by atoms with E-state index in [-0.39, 0.29) is 34.8 Å². The molecule has 2 heteroatoms. The van der Waals surface area contributed by atoms with Crippen LogP contribution in [0.15, 0.2) is 48.5 Å². The van der Waals surface area contributed by atoms with E-state index in [0.29, 0.717) is 10.8 Å². The van der Waals surface area contributed by atoms with Gasteiger partial charge in [-0.1, -0.05) is 24.3 Å². The van der Waals surface area contributed by atoms with Gasteiger partial charge in [0.1, 0.15) is 0 Å². The summed E-state index contributed by atoms with van der Waals surface area (Å²) >= 11 is 0. The molecule has 0 unspecified atom stereocenters. The van der Waals surface area contributed by atoms with Gasteiger partial charge < -0.3 is 0 Å². The van der Waals surface area contributed by atoms with Gasteiger partial charge >= 0.3 is 0 Å². The standard InChI is InChI=1S/C14H8O2/c15-13-5-6-14(16)12-8-10-4-2-1-3-9(10)7-11(12)13/h1-8H/i7D,8D. The fraction of sp³-hybridized carbons (Fsp3) is 0. The Kier molecular flexibility index (Phi) is 1.40. The molecule has 0 fully saturated rings. The molecular formula is C14H8O2. The van der Waals surface area contributed by atoms with E-state index < -0.39 is 0 Å². The molecule has 1 aliphatic carbocycles. The van der Waals surface area contributed by atoms with Crippen LogP contribution in [0, 0.1) is 0 Å². The molecule has 0 aromatic heterocycles. The van der Waals surface area contributed by atoms with Gasteiger partial charge in [0.15, 0.2) is 11.6 Å². The summed E-state index contributed by atoms with van der Waals surface area (Å²) in [6.07, 6.45) is 2.33. The molecule has 0 atom stereocenters. The van der Waals surface area contributed by atoms with Gasteiger partial charge in [-0.25, -0.2) is 0 Å². The van der Waals surface area contributed by atoms with Crippen LogP contribution in [-0.4, -0.2) is 11.6 Å². The maximum Gasteiger partial charge on any atom is 0.186 e. The highest BCUT2D eigenvalue weighted by Crippen LogP contribution is 2.23. The van der Waals surface area contributed by atoms with Crippen molar-refractivity contribution in [3.8, 4) is 0 Å². The first-order valence-electron chi connectivity index (χ1n) is 5.90. The van der Waals surface area contributed by atoms with Crippen LogP contribution >= 0.6 is 0 Å². The molecule has 0 saturated heterocycles. The van der Waals surface area contributed by atoms with Crippen molar-refractivity contribution in [3.63, 3.8) is 0 Å². The van der Waals surface area contributed by atoms with Crippen LogP contribution in [0.2, 0.25) is 0 Å². The number of rotatable bonds is 0. The summed E-state index contributed by atoms with van der Waals surface area (Å²) in [4.78, 5) is 23.6. The van der Waals surface area contributed by atoms with E-state index in [2.05, 4.69) is 0 Å². The molecule has 16 heavy (non-hydrogen) atoms. The highest BCUT2D eigenvalue weighted by Gasteiger charge is 2.19. The van der Waals surface area contributed by atoms with Crippen LogP contribution < -0.4 is 0 Å². The van der Waals surface area contributed by atoms with Gasteiger partial charge in [-0.05, 0) is 35.0 Å². The maximum atomic E-state index is 11.8. The molecule has 0 radical (unpaired) electrons. The topological polar surface area (TPSA) is 34.1 Å². The van der Waals surface area contributed by atoms with E-state index in [1.165, 1.54) is 0 Å². The fourth-order valence-corrected chi connectivity index (χ4v) is 1.78. The third kappa shape index (κ3) is 1.20. The average Bonchev–Trinajstić information content (AvgIpc) is 2.38. The number of carbonyl (C=O) groups is 2. The Morgan fingerprint density at radius 2 is 1.25 bits per heavy atom. The van der Waals surface area contributed by atoms with Crippen LogP contribution in [0.3, 0.4) is 0 Å². The van der Waals surface area contributed by atoms with Crippen molar-refractivity contribution in [1.29, 1.82) is 0 Å². The van der Waals surface area contributed by atoms with Crippen molar-refractivity contribution in [2.24, 2.45) is 0 Å². The molecular weight excluding hydrogens is 200 g/mol. The zero-order valence-electron chi connectivity index (χ0n) is 10.3. The van der Waals surface area contributed by atoms with Gasteiger partial charge in [0, 0.05) is 11.1 Å². The lowest BCUT2D eigenvalue weighted by Crippen LogP contribution is -2.11. The second kappa shape index (κ2) is 3.14. The minimum atomic E-state index is -0.381. The third-order valence-corrected chi connectivity index (χ3v) is 2.58. The minimum Gasteiger partial charge on any atom is -0.289 e. The van der Waals surface area contributed by atoms with Gasteiger partial charge in [-0.3, -0.25) is 9.59 Å². The van der Waals surface area contributed by atoms with Crippen LogP contribution in [0.4, 0.5) is 0 Å². The highest BCUT2D eigenvalue weighted by atomic mass is 16.1. The Labute approximate surface area is 95.0 Å². The molecule has 0 amide bonds. The van der Waals surface area contributed by atoms with Gasteiger partial charge in [0.05, 0.1) is 2.74 Å². The first-order valence-corrected chi connectivity index (χ1v) is 4.90. The number of allylic oxidation sites excluding steroid dienone is 2. The SMILES string of the molecule is [2H]c1c2c(c([2H])c3ccccc13)C(=O)C=CC2=O. The molecule has 1 aliphatic rings. The van der Waals surface area contributed by atoms with Crippen LogP contribution in [0.5, 0.6) is 0 Å². The quantitative estimate of drug-likeness (QED) is 0.670. The van der Waals surface area contributed by atoms with Crippen LogP contribution in [0.1, 0.15) is 23.5 Å².